The summed E-state index contributed by atoms with van der Waals surface area (Å²) in [7, 11) is 0. The maximum atomic E-state index is 4.33. The highest BCUT2D eigenvalue weighted by atomic mass is 15.3. The zero-order chi connectivity index (χ0) is 11.4. The molecule has 2 rings (SSSR count). The Hall–Kier alpha value is -0.830. The predicted molar refractivity (Wildman–Crippen MR) is 66.1 cm³/mol. The molecule has 0 aromatic carbocycles. The van der Waals surface area contributed by atoms with E-state index in [1.54, 1.807) is 0 Å². The number of rotatable bonds is 7. The number of nitrogens with one attached hydrogen (secondary N) is 1. The van der Waals surface area contributed by atoms with Gasteiger partial charge in [0, 0.05) is 24.8 Å². The van der Waals surface area contributed by atoms with Gasteiger partial charge in [-0.25, -0.2) is 0 Å². The van der Waals surface area contributed by atoms with E-state index >= 15 is 0 Å². The van der Waals surface area contributed by atoms with Gasteiger partial charge in [0.05, 0.1) is 6.20 Å². The molecule has 0 bridgehead atoms. The molecule has 1 unspecified atom stereocenters. The molecule has 0 saturated heterocycles. The third-order valence-electron chi connectivity index (χ3n) is 3.36. The molecule has 0 spiro atoms. The van der Waals surface area contributed by atoms with Crippen molar-refractivity contribution in [2.45, 2.75) is 46.2 Å². The SMILES string of the molecule is CCCn1cc(CNCC(C)C2CC2)cn1. The van der Waals surface area contributed by atoms with Crippen molar-refractivity contribution in [3.05, 3.63) is 18.0 Å². The minimum Gasteiger partial charge on any atom is -0.312 e. The Morgan fingerprint density at radius 3 is 3.06 bits per heavy atom. The van der Waals surface area contributed by atoms with E-state index in [-0.39, 0.29) is 0 Å². The van der Waals surface area contributed by atoms with Crippen LogP contribution in [-0.2, 0) is 13.1 Å². The van der Waals surface area contributed by atoms with E-state index in [0.29, 0.717) is 0 Å². The fourth-order valence-corrected chi connectivity index (χ4v) is 2.13. The van der Waals surface area contributed by atoms with Gasteiger partial charge in [0.2, 0.25) is 0 Å². The zero-order valence-corrected chi connectivity index (χ0v) is 10.4. The monoisotopic (exact) mass is 221 g/mol. The van der Waals surface area contributed by atoms with Crippen LogP contribution in [0.15, 0.2) is 12.4 Å². The van der Waals surface area contributed by atoms with Gasteiger partial charge in [0.25, 0.3) is 0 Å². The quantitative estimate of drug-likeness (QED) is 0.766. The smallest absolute Gasteiger partial charge is 0.0534 e. The van der Waals surface area contributed by atoms with Crippen molar-refractivity contribution in [2.75, 3.05) is 6.54 Å². The highest BCUT2D eigenvalue weighted by molar-refractivity contribution is 5.03. The van der Waals surface area contributed by atoms with Crippen LogP contribution < -0.4 is 5.32 Å². The maximum Gasteiger partial charge on any atom is 0.0534 e. The average molecular weight is 221 g/mol. The van der Waals surface area contributed by atoms with Crippen LogP contribution in [-0.4, -0.2) is 16.3 Å². The van der Waals surface area contributed by atoms with Crippen LogP contribution in [0.25, 0.3) is 0 Å². The van der Waals surface area contributed by atoms with Crippen molar-refractivity contribution in [3.8, 4) is 0 Å². The summed E-state index contributed by atoms with van der Waals surface area (Å²) in [5, 5.41) is 7.85. The molecule has 1 saturated carbocycles. The number of hydrogen-bond donors (Lipinski definition) is 1. The molecule has 1 aliphatic carbocycles. The molecule has 1 atom stereocenters. The van der Waals surface area contributed by atoms with Crippen molar-refractivity contribution < 1.29 is 0 Å². The van der Waals surface area contributed by atoms with Gasteiger partial charge in [0.1, 0.15) is 0 Å². The van der Waals surface area contributed by atoms with Crippen LogP contribution in [0.1, 0.15) is 38.7 Å². The van der Waals surface area contributed by atoms with E-state index in [4.69, 9.17) is 0 Å². The highest BCUT2D eigenvalue weighted by Crippen LogP contribution is 2.36. The molecule has 1 aromatic rings. The van der Waals surface area contributed by atoms with Crippen LogP contribution in [0.5, 0.6) is 0 Å². The summed E-state index contributed by atoms with van der Waals surface area (Å²) in [5.74, 6) is 1.83. The third kappa shape index (κ3) is 3.34. The van der Waals surface area contributed by atoms with Gasteiger partial charge in [-0.3, -0.25) is 4.68 Å². The average Bonchev–Trinajstić information content (AvgIpc) is 3.02. The largest absolute Gasteiger partial charge is 0.312 e. The Balaban J connectivity index is 1.67. The summed E-state index contributed by atoms with van der Waals surface area (Å²) in [6, 6.07) is 0. The van der Waals surface area contributed by atoms with Gasteiger partial charge in [0.15, 0.2) is 0 Å². The maximum absolute atomic E-state index is 4.33. The Kier molecular flexibility index (Phi) is 3.99. The summed E-state index contributed by atoms with van der Waals surface area (Å²) < 4.78 is 2.03. The van der Waals surface area contributed by atoms with E-state index in [1.165, 1.54) is 18.4 Å². The van der Waals surface area contributed by atoms with E-state index in [0.717, 1.165) is 37.9 Å². The van der Waals surface area contributed by atoms with Crippen LogP contribution in [0.3, 0.4) is 0 Å². The van der Waals surface area contributed by atoms with Crippen LogP contribution in [0.4, 0.5) is 0 Å². The van der Waals surface area contributed by atoms with Gasteiger partial charge in [-0.15, -0.1) is 0 Å². The molecule has 0 aliphatic heterocycles. The lowest BCUT2D eigenvalue weighted by molar-refractivity contribution is 0.461. The Morgan fingerprint density at radius 1 is 1.56 bits per heavy atom. The van der Waals surface area contributed by atoms with Crippen LogP contribution in [0, 0.1) is 11.8 Å². The van der Waals surface area contributed by atoms with Crippen LogP contribution in [0.2, 0.25) is 0 Å². The lowest BCUT2D eigenvalue weighted by Gasteiger charge is -2.10. The molecule has 1 fully saturated rings. The topological polar surface area (TPSA) is 29.9 Å². The van der Waals surface area contributed by atoms with Gasteiger partial charge >= 0.3 is 0 Å². The second-order valence-corrected chi connectivity index (χ2v) is 5.06. The molecule has 1 aromatic heterocycles. The minimum absolute atomic E-state index is 0.839. The van der Waals surface area contributed by atoms with Gasteiger partial charge in [-0.2, -0.15) is 5.10 Å². The molecule has 0 radical (unpaired) electrons. The predicted octanol–water partition coefficient (Wildman–Crippen LogP) is 2.43. The summed E-state index contributed by atoms with van der Waals surface area (Å²) in [4.78, 5) is 0. The normalized spacial score (nSPS) is 17.6. The molecule has 1 N–H and O–H groups in total. The lowest BCUT2D eigenvalue weighted by Crippen LogP contribution is -2.21. The molecule has 90 valence electrons. The minimum atomic E-state index is 0.839. The molecule has 0 amide bonds. The van der Waals surface area contributed by atoms with Crippen LogP contribution >= 0.6 is 0 Å². The fourth-order valence-electron chi connectivity index (χ4n) is 2.13. The molecule has 3 nitrogen and oxygen atoms in total. The van der Waals surface area contributed by atoms with E-state index in [1.807, 2.05) is 10.9 Å². The van der Waals surface area contributed by atoms with Crippen molar-refractivity contribution >= 4 is 0 Å². The fraction of sp³-hybridized carbons (Fsp3) is 0.769. The molecule has 16 heavy (non-hydrogen) atoms. The van der Waals surface area contributed by atoms with Crippen molar-refractivity contribution in [2.24, 2.45) is 11.8 Å². The van der Waals surface area contributed by atoms with E-state index < -0.39 is 0 Å². The first-order chi connectivity index (χ1) is 7.79. The van der Waals surface area contributed by atoms with E-state index in [2.05, 4.69) is 30.5 Å². The van der Waals surface area contributed by atoms with Gasteiger partial charge < -0.3 is 5.32 Å². The third-order valence-corrected chi connectivity index (χ3v) is 3.36. The van der Waals surface area contributed by atoms with Gasteiger partial charge in [-0.1, -0.05) is 13.8 Å². The molecular weight excluding hydrogens is 198 g/mol. The van der Waals surface area contributed by atoms with E-state index in [9.17, 15) is 0 Å². The zero-order valence-electron chi connectivity index (χ0n) is 10.4. The summed E-state index contributed by atoms with van der Waals surface area (Å²) in [6.45, 7) is 7.66. The van der Waals surface area contributed by atoms with Crippen molar-refractivity contribution in [3.63, 3.8) is 0 Å². The first kappa shape index (κ1) is 11.6. The second-order valence-electron chi connectivity index (χ2n) is 5.06. The first-order valence-corrected chi connectivity index (χ1v) is 6.51. The van der Waals surface area contributed by atoms with Crippen molar-refractivity contribution in [1.29, 1.82) is 0 Å². The summed E-state index contributed by atoms with van der Waals surface area (Å²) >= 11 is 0. The standard InChI is InChI=1S/C13H23N3/c1-3-6-16-10-12(9-15-16)8-14-7-11(2)13-4-5-13/h9-11,13-14H,3-8H2,1-2H3. The lowest BCUT2D eigenvalue weighted by atomic mass is 10.1. The number of nitrogens with zero attached hydrogens (tertiary/aromatic N) is 2. The summed E-state index contributed by atoms with van der Waals surface area (Å²) in [5.41, 5.74) is 1.30. The molecule has 1 aliphatic rings. The molecule has 1 heterocycles. The first-order valence-electron chi connectivity index (χ1n) is 6.51. The molecular formula is C13H23N3. The highest BCUT2D eigenvalue weighted by Gasteiger charge is 2.27. The molecule has 3 heteroatoms. The second kappa shape index (κ2) is 5.48. The number of hydrogen-bond acceptors (Lipinski definition) is 2. The number of aryl methyl sites for hydroxylation is 1. The Morgan fingerprint density at radius 2 is 2.38 bits per heavy atom. The van der Waals surface area contributed by atoms with Crippen molar-refractivity contribution in [1.82, 2.24) is 15.1 Å². The summed E-state index contributed by atoms with van der Waals surface area (Å²) in [6.07, 6.45) is 8.16. The Labute approximate surface area is 98.2 Å². The Bertz CT molecular complexity index is 315. The van der Waals surface area contributed by atoms with Gasteiger partial charge in [-0.05, 0) is 37.6 Å². The number of aromatic nitrogens is 2.